The lowest BCUT2D eigenvalue weighted by molar-refractivity contribution is 0.587. The molecule has 0 bridgehead atoms. The van der Waals surface area contributed by atoms with Crippen molar-refractivity contribution in [3.05, 3.63) is 35.4 Å². The van der Waals surface area contributed by atoms with Crippen molar-refractivity contribution in [2.45, 2.75) is 40.5 Å². The van der Waals surface area contributed by atoms with Gasteiger partial charge in [-0.05, 0) is 18.4 Å². The Morgan fingerprint density at radius 2 is 1.53 bits per heavy atom. The summed E-state index contributed by atoms with van der Waals surface area (Å²) in [7, 11) is 0. The van der Waals surface area contributed by atoms with Gasteiger partial charge in [0.2, 0.25) is 0 Å². The highest BCUT2D eigenvalue weighted by Gasteiger charge is 2.13. The average molecular weight is 203 g/mol. The fraction of sp³-hybridized carbons (Fsp3) is 0.500. The molecule has 82 valence electrons. The van der Waals surface area contributed by atoms with E-state index in [1.54, 1.807) is 0 Å². The summed E-state index contributed by atoms with van der Waals surface area (Å²) < 4.78 is 0. The Hall–Kier alpha value is -1.29. The number of rotatable bonds is 2. The van der Waals surface area contributed by atoms with Crippen molar-refractivity contribution in [3.8, 4) is 6.07 Å². The second-order valence-electron chi connectivity index (χ2n) is 3.76. The van der Waals surface area contributed by atoms with Crippen LogP contribution in [-0.4, -0.2) is 0 Å². The summed E-state index contributed by atoms with van der Waals surface area (Å²) in [5.41, 5.74) is 2.37. The molecule has 1 heteroatoms. The molecule has 0 aliphatic rings. The van der Waals surface area contributed by atoms with Gasteiger partial charge in [-0.1, -0.05) is 57.5 Å². The van der Waals surface area contributed by atoms with E-state index < -0.39 is 0 Å². The minimum atomic E-state index is 0.0283. The molecular formula is C14H21N. The van der Waals surface area contributed by atoms with Crippen LogP contribution in [0.5, 0.6) is 0 Å². The fourth-order valence-electron chi connectivity index (χ4n) is 1.38. The third-order valence-corrected chi connectivity index (χ3v) is 2.24. The zero-order valence-electron chi connectivity index (χ0n) is 10.4. The van der Waals surface area contributed by atoms with E-state index >= 15 is 0 Å². The van der Waals surface area contributed by atoms with Crippen LogP contribution in [0.3, 0.4) is 0 Å². The molecule has 1 unspecified atom stereocenters. The van der Waals surface area contributed by atoms with Crippen molar-refractivity contribution in [1.82, 2.24) is 0 Å². The van der Waals surface area contributed by atoms with E-state index in [2.05, 4.69) is 39.0 Å². The lowest BCUT2D eigenvalue weighted by Gasteiger charge is -2.12. The highest BCUT2D eigenvalue weighted by molar-refractivity contribution is 5.28. The number of hydrogen-bond acceptors (Lipinski definition) is 1. The Labute approximate surface area is 93.7 Å². The van der Waals surface area contributed by atoms with Crippen molar-refractivity contribution >= 4 is 0 Å². The van der Waals surface area contributed by atoms with Crippen LogP contribution in [-0.2, 0) is 0 Å². The van der Waals surface area contributed by atoms with Crippen molar-refractivity contribution in [2.75, 3.05) is 0 Å². The van der Waals surface area contributed by atoms with Crippen molar-refractivity contribution in [2.24, 2.45) is 5.92 Å². The Morgan fingerprint density at radius 1 is 1.07 bits per heavy atom. The maximum absolute atomic E-state index is 8.97. The first-order valence-corrected chi connectivity index (χ1v) is 5.61. The first-order valence-electron chi connectivity index (χ1n) is 5.61. The summed E-state index contributed by atoms with van der Waals surface area (Å²) in [6.45, 7) is 10.2. The van der Waals surface area contributed by atoms with Crippen LogP contribution in [0, 0.1) is 24.2 Å². The number of nitrogens with zero attached hydrogens (tertiary/aromatic N) is 1. The van der Waals surface area contributed by atoms with Gasteiger partial charge < -0.3 is 0 Å². The molecule has 15 heavy (non-hydrogen) atoms. The minimum absolute atomic E-state index is 0.0283. The Balaban J connectivity index is 0.000000921. The van der Waals surface area contributed by atoms with Crippen molar-refractivity contribution < 1.29 is 0 Å². The quantitative estimate of drug-likeness (QED) is 0.703. The maximum Gasteiger partial charge on any atom is 0.0735 e. The highest BCUT2D eigenvalue weighted by Crippen LogP contribution is 2.23. The number of hydrogen-bond donors (Lipinski definition) is 0. The molecule has 0 aromatic heterocycles. The molecule has 0 fully saturated rings. The van der Waals surface area contributed by atoms with Gasteiger partial charge in [0, 0.05) is 0 Å². The molecule has 0 amide bonds. The predicted molar refractivity (Wildman–Crippen MR) is 65.7 cm³/mol. The zero-order chi connectivity index (χ0) is 11.8. The zero-order valence-corrected chi connectivity index (χ0v) is 10.4. The second-order valence-corrected chi connectivity index (χ2v) is 3.76. The van der Waals surface area contributed by atoms with Crippen LogP contribution in [0.25, 0.3) is 0 Å². The fourth-order valence-corrected chi connectivity index (χ4v) is 1.38. The van der Waals surface area contributed by atoms with E-state index in [4.69, 9.17) is 5.26 Å². The molecule has 0 saturated heterocycles. The van der Waals surface area contributed by atoms with Gasteiger partial charge in [0.25, 0.3) is 0 Å². The van der Waals surface area contributed by atoms with Gasteiger partial charge in [-0.15, -0.1) is 0 Å². The van der Waals surface area contributed by atoms with Gasteiger partial charge in [0.05, 0.1) is 12.0 Å². The van der Waals surface area contributed by atoms with Crippen LogP contribution in [0.15, 0.2) is 24.3 Å². The summed E-state index contributed by atoms with van der Waals surface area (Å²) in [4.78, 5) is 0. The van der Waals surface area contributed by atoms with E-state index in [-0.39, 0.29) is 5.92 Å². The first kappa shape index (κ1) is 13.7. The molecule has 1 aromatic carbocycles. The van der Waals surface area contributed by atoms with Crippen LogP contribution >= 0.6 is 0 Å². The molecule has 1 atom stereocenters. The van der Waals surface area contributed by atoms with Gasteiger partial charge in [0.15, 0.2) is 0 Å². The molecule has 0 spiro atoms. The monoisotopic (exact) mass is 203 g/mol. The number of nitriles is 1. The van der Waals surface area contributed by atoms with E-state index in [1.807, 2.05) is 26.0 Å². The molecule has 0 radical (unpaired) electrons. The number of aryl methyl sites for hydroxylation is 1. The Bertz CT molecular complexity index is 303. The lowest BCUT2D eigenvalue weighted by atomic mass is 9.89. The SMILES string of the molecule is CC.Cc1ccc(C(C#N)C(C)C)cc1. The third kappa shape index (κ3) is 4.16. The van der Waals surface area contributed by atoms with Gasteiger partial charge >= 0.3 is 0 Å². The molecule has 0 aliphatic heterocycles. The second kappa shape index (κ2) is 7.06. The molecule has 1 aromatic rings. The van der Waals surface area contributed by atoms with E-state index in [0.29, 0.717) is 5.92 Å². The normalized spacial score (nSPS) is 11.3. The van der Waals surface area contributed by atoms with Crippen LogP contribution in [0.2, 0.25) is 0 Å². The molecule has 0 saturated carbocycles. The number of benzene rings is 1. The van der Waals surface area contributed by atoms with Gasteiger partial charge in [0.1, 0.15) is 0 Å². The maximum atomic E-state index is 8.97. The van der Waals surface area contributed by atoms with Crippen LogP contribution in [0.1, 0.15) is 44.7 Å². The first-order chi connectivity index (χ1) is 7.15. The van der Waals surface area contributed by atoms with Crippen LogP contribution in [0.4, 0.5) is 0 Å². The standard InChI is InChI=1S/C12H15N.C2H6/c1-9(2)12(8-13)11-6-4-10(3)5-7-11;1-2/h4-7,9,12H,1-3H3;1-2H3. The average Bonchev–Trinajstić information content (AvgIpc) is 2.24. The summed E-state index contributed by atoms with van der Waals surface area (Å²) in [6, 6.07) is 10.5. The minimum Gasteiger partial charge on any atom is -0.198 e. The van der Waals surface area contributed by atoms with Crippen molar-refractivity contribution in [3.63, 3.8) is 0 Å². The molecular weight excluding hydrogens is 182 g/mol. The largest absolute Gasteiger partial charge is 0.198 e. The highest BCUT2D eigenvalue weighted by atomic mass is 14.3. The van der Waals surface area contributed by atoms with Crippen molar-refractivity contribution in [1.29, 1.82) is 5.26 Å². The van der Waals surface area contributed by atoms with E-state index in [9.17, 15) is 0 Å². The smallest absolute Gasteiger partial charge is 0.0735 e. The predicted octanol–water partition coefficient (Wildman–Crippen LogP) is 4.28. The summed E-state index contributed by atoms with van der Waals surface area (Å²) in [5, 5.41) is 8.97. The summed E-state index contributed by atoms with van der Waals surface area (Å²) in [5.74, 6) is 0.410. The molecule has 0 aliphatic carbocycles. The van der Waals surface area contributed by atoms with Gasteiger partial charge in [-0.25, -0.2) is 0 Å². The summed E-state index contributed by atoms with van der Waals surface area (Å²) >= 11 is 0. The van der Waals surface area contributed by atoms with Gasteiger partial charge in [-0.3, -0.25) is 0 Å². The topological polar surface area (TPSA) is 23.8 Å². The molecule has 1 nitrogen and oxygen atoms in total. The molecule has 0 N–H and O–H groups in total. The Kier molecular flexibility index (Phi) is 6.45. The molecule has 0 heterocycles. The third-order valence-electron chi connectivity index (χ3n) is 2.24. The van der Waals surface area contributed by atoms with Crippen LogP contribution < -0.4 is 0 Å². The van der Waals surface area contributed by atoms with Gasteiger partial charge in [-0.2, -0.15) is 5.26 Å². The lowest BCUT2D eigenvalue weighted by Crippen LogP contribution is -2.03. The summed E-state index contributed by atoms with van der Waals surface area (Å²) in [6.07, 6.45) is 0. The Morgan fingerprint density at radius 3 is 1.87 bits per heavy atom. The van der Waals surface area contributed by atoms with E-state index in [1.165, 1.54) is 5.56 Å². The molecule has 1 rings (SSSR count). The van der Waals surface area contributed by atoms with E-state index in [0.717, 1.165) is 5.56 Å².